The predicted octanol–water partition coefficient (Wildman–Crippen LogP) is 4.52. The van der Waals surface area contributed by atoms with Crippen molar-refractivity contribution in [1.29, 1.82) is 0 Å². The largest absolute Gasteiger partial charge is 0.490 e. The number of hydrogen-bond acceptors (Lipinski definition) is 2. The lowest BCUT2D eigenvalue weighted by Crippen LogP contribution is -2.14. The van der Waals surface area contributed by atoms with Crippen molar-refractivity contribution in [1.82, 2.24) is 0 Å². The number of ether oxygens (including phenoxy) is 2. The summed E-state index contributed by atoms with van der Waals surface area (Å²) in [6, 6.07) is 7.85. The molecule has 1 unspecified atom stereocenters. The fourth-order valence-corrected chi connectivity index (χ4v) is 2.82. The zero-order valence-corrected chi connectivity index (χ0v) is 13.1. The van der Waals surface area contributed by atoms with Gasteiger partial charge in [0.15, 0.2) is 11.5 Å². The molecule has 0 aliphatic carbocycles. The van der Waals surface area contributed by atoms with Gasteiger partial charge in [-0.25, -0.2) is 0 Å². The molecule has 1 atom stereocenters. The van der Waals surface area contributed by atoms with Gasteiger partial charge in [0.05, 0.1) is 13.2 Å². The van der Waals surface area contributed by atoms with E-state index in [2.05, 4.69) is 29.8 Å². The zero-order valence-electron chi connectivity index (χ0n) is 11.5. The molecule has 1 rings (SSSR count). The Kier molecular flexibility index (Phi) is 7.18. The fourth-order valence-electron chi connectivity index (χ4n) is 1.75. The molecule has 18 heavy (non-hydrogen) atoms. The van der Waals surface area contributed by atoms with E-state index in [4.69, 9.17) is 9.47 Å². The van der Waals surface area contributed by atoms with Crippen LogP contribution >= 0.6 is 15.9 Å². The van der Waals surface area contributed by atoms with Crippen LogP contribution in [-0.4, -0.2) is 18.5 Å². The summed E-state index contributed by atoms with van der Waals surface area (Å²) < 4.78 is 11.4. The van der Waals surface area contributed by atoms with E-state index in [1.54, 1.807) is 0 Å². The van der Waals surface area contributed by atoms with Crippen LogP contribution in [0.15, 0.2) is 24.3 Å². The van der Waals surface area contributed by atoms with Gasteiger partial charge in [0.1, 0.15) is 0 Å². The third-order valence-corrected chi connectivity index (χ3v) is 3.87. The predicted molar refractivity (Wildman–Crippen MR) is 79.8 cm³/mol. The van der Waals surface area contributed by atoms with Gasteiger partial charge in [0.25, 0.3) is 0 Å². The van der Waals surface area contributed by atoms with Gasteiger partial charge in [-0.05, 0) is 37.3 Å². The van der Waals surface area contributed by atoms with Crippen LogP contribution in [0.3, 0.4) is 0 Å². The summed E-state index contributed by atoms with van der Waals surface area (Å²) in [5.41, 5.74) is 0. The lowest BCUT2D eigenvalue weighted by molar-refractivity contribution is 0.244. The van der Waals surface area contributed by atoms with Gasteiger partial charge < -0.3 is 9.47 Å². The first kappa shape index (κ1) is 15.4. The molecule has 0 aliphatic heterocycles. The molecule has 3 heteroatoms. The van der Waals surface area contributed by atoms with Gasteiger partial charge in [0.2, 0.25) is 0 Å². The molecule has 0 N–H and O–H groups in total. The van der Waals surface area contributed by atoms with E-state index in [-0.39, 0.29) is 0 Å². The molecule has 0 radical (unpaired) electrons. The van der Waals surface area contributed by atoms with E-state index in [0.29, 0.717) is 18.4 Å². The molecule has 1 aromatic carbocycles. The SMILES string of the molecule is CCOc1ccccc1OCCC(CBr)C(C)C. The van der Waals surface area contributed by atoms with Crippen LogP contribution in [0.5, 0.6) is 11.5 Å². The molecule has 0 amide bonds. The number of hydrogen-bond donors (Lipinski definition) is 0. The number of rotatable bonds is 8. The van der Waals surface area contributed by atoms with Crippen molar-refractivity contribution in [3.63, 3.8) is 0 Å². The smallest absolute Gasteiger partial charge is 0.161 e. The molecule has 1 aromatic rings. The molecular formula is C15H23BrO2. The standard InChI is InChI=1S/C15H23BrO2/c1-4-17-14-7-5-6-8-15(14)18-10-9-13(11-16)12(2)3/h5-8,12-13H,4,9-11H2,1-3H3. The second-order valence-electron chi connectivity index (χ2n) is 4.68. The van der Waals surface area contributed by atoms with Crippen LogP contribution in [0.2, 0.25) is 0 Å². The summed E-state index contributed by atoms with van der Waals surface area (Å²) in [6.45, 7) is 7.88. The molecule has 0 bridgehead atoms. The van der Waals surface area contributed by atoms with Gasteiger partial charge in [-0.1, -0.05) is 41.9 Å². The van der Waals surface area contributed by atoms with E-state index in [9.17, 15) is 0 Å². The van der Waals surface area contributed by atoms with E-state index in [1.807, 2.05) is 31.2 Å². The average molecular weight is 315 g/mol. The highest BCUT2D eigenvalue weighted by Gasteiger charge is 2.12. The molecular weight excluding hydrogens is 292 g/mol. The second kappa shape index (κ2) is 8.41. The normalized spacial score (nSPS) is 12.5. The van der Waals surface area contributed by atoms with Gasteiger partial charge in [-0.3, -0.25) is 0 Å². The van der Waals surface area contributed by atoms with Crippen molar-refractivity contribution in [3.05, 3.63) is 24.3 Å². The molecule has 0 fully saturated rings. The van der Waals surface area contributed by atoms with Crippen LogP contribution in [0.25, 0.3) is 0 Å². The van der Waals surface area contributed by atoms with Crippen LogP contribution in [0.4, 0.5) is 0 Å². The van der Waals surface area contributed by atoms with E-state index < -0.39 is 0 Å². The fraction of sp³-hybridized carbons (Fsp3) is 0.600. The number of alkyl halides is 1. The molecule has 0 aromatic heterocycles. The lowest BCUT2D eigenvalue weighted by Gasteiger charge is -2.18. The number of benzene rings is 1. The highest BCUT2D eigenvalue weighted by Crippen LogP contribution is 2.27. The second-order valence-corrected chi connectivity index (χ2v) is 5.32. The Morgan fingerprint density at radius 2 is 1.72 bits per heavy atom. The van der Waals surface area contributed by atoms with Crippen LogP contribution in [0, 0.1) is 11.8 Å². The van der Waals surface area contributed by atoms with E-state index in [0.717, 1.165) is 29.9 Å². The molecule has 102 valence electrons. The summed E-state index contributed by atoms with van der Waals surface area (Å²) in [5, 5.41) is 1.03. The maximum atomic E-state index is 5.83. The topological polar surface area (TPSA) is 18.5 Å². The minimum Gasteiger partial charge on any atom is -0.490 e. The summed E-state index contributed by atoms with van der Waals surface area (Å²) in [5.74, 6) is 3.01. The molecule has 0 heterocycles. The Bertz CT molecular complexity index is 339. The third-order valence-electron chi connectivity index (χ3n) is 3.04. The molecule has 0 spiro atoms. The molecule has 0 saturated carbocycles. The van der Waals surface area contributed by atoms with Crippen LogP contribution < -0.4 is 9.47 Å². The van der Waals surface area contributed by atoms with Crippen molar-refractivity contribution in [2.45, 2.75) is 27.2 Å². The quantitative estimate of drug-likeness (QED) is 0.657. The lowest BCUT2D eigenvalue weighted by atomic mass is 9.95. The van der Waals surface area contributed by atoms with Crippen molar-refractivity contribution in [2.24, 2.45) is 11.8 Å². The summed E-state index contributed by atoms with van der Waals surface area (Å²) in [6.07, 6.45) is 1.06. The Morgan fingerprint density at radius 3 is 2.22 bits per heavy atom. The molecule has 2 nitrogen and oxygen atoms in total. The van der Waals surface area contributed by atoms with E-state index in [1.165, 1.54) is 0 Å². The van der Waals surface area contributed by atoms with Crippen molar-refractivity contribution in [3.8, 4) is 11.5 Å². The summed E-state index contributed by atoms with van der Waals surface area (Å²) in [4.78, 5) is 0. The Morgan fingerprint density at radius 1 is 1.11 bits per heavy atom. The monoisotopic (exact) mass is 314 g/mol. The van der Waals surface area contributed by atoms with Crippen molar-refractivity contribution < 1.29 is 9.47 Å². The van der Waals surface area contributed by atoms with Crippen LogP contribution in [0.1, 0.15) is 27.2 Å². The maximum absolute atomic E-state index is 5.83. The van der Waals surface area contributed by atoms with Gasteiger partial charge >= 0.3 is 0 Å². The van der Waals surface area contributed by atoms with Gasteiger partial charge in [-0.2, -0.15) is 0 Å². The third kappa shape index (κ3) is 4.89. The molecule has 0 saturated heterocycles. The van der Waals surface area contributed by atoms with Crippen molar-refractivity contribution in [2.75, 3.05) is 18.5 Å². The van der Waals surface area contributed by atoms with Crippen LogP contribution in [-0.2, 0) is 0 Å². The maximum Gasteiger partial charge on any atom is 0.161 e. The highest BCUT2D eigenvalue weighted by molar-refractivity contribution is 9.09. The number of halogens is 1. The minimum absolute atomic E-state index is 0.657. The summed E-state index contributed by atoms with van der Waals surface area (Å²) in [7, 11) is 0. The first-order valence-electron chi connectivity index (χ1n) is 6.59. The Balaban J connectivity index is 2.48. The zero-order chi connectivity index (χ0) is 13.4. The average Bonchev–Trinajstić information content (AvgIpc) is 2.36. The minimum atomic E-state index is 0.657. The Labute approximate surface area is 119 Å². The van der Waals surface area contributed by atoms with Gasteiger partial charge in [0, 0.05) is 5.33 Å². The van der Waals surface area contributed by atoms with Crippen molar-refractivity contribution >= 4 is 15.9 Å². The highest BCUT2D eigenvalue weighted by atomic mass is 79.9. The first-order valence-corrected chi connectivity index (χ1v) is 7.71. The Hall–Kier alpha value is -0.700. The van der Waals surface area contributed by atoms with E-state index >= 15 is 0 Å². The molecule has 0 aliphatic rings. The first-order chi connectivity index (χ1) is 8.69. The number of para-hydroxylation sites is 2. The summed E-state index contributed by atoms with van der Waals surface area (Å²) >= 11 is 3.56. The van der Waals surface area contributed by atoms with Gasteiger partial charge in [-0.15, -0.1) is 0 Å².